The number of aliphatic hydroxyl groups excluding tert-OH is 3. The van der Waals surface area contributed by atoms with E-state index >= 15 is 0 Å². The molecule has 1 aliphatic rings. The molecule has 0 saturated carbocycles. The van der Waals surface area contributed by atoms with E-state index < -0.39 is 37.2 Å². The van der Waals surface area contributed by atoms with Crippen LogP contribution in [-0.4, -0.2) is 72.5 Å². The van der Waals surface area contributed by atoms with Crippen LogP contribution in [0.2, 0.25) is 5.15 Å². The van der Waals surface area contributed by atoms with Gasteiger partial charge in [0.1, 0.15) is 23.8 Å². The average molecular weight is 374 g/mol. The van der Waals surface area contributed by atoms with E-state index in [2.05, 4.69) is 20.3 Å². The van der Waals surface area contributed by atoms with Crippen molar-refractivity contribution in [1.82, 2.24) is 19.5 Å². The second kappa shape index (κ2) is 7.06. The zero-order valence-corrected chi connectivity index (χ0v) is 13.8. The zero-order chi connectivity index (χ0) is 18.1. The van der Waals surface area contributed by atoms with Crippen molar-refractivity contribution in [3.05, 3.63) is 11.5 Å². The Kier molecular flexibility index (Phi) is 5.01. The Labute approximate surface area is 146 Å². The lowest BCUT2D eigenvalue weighted by atomic mass is 10.1. The highest BCUT2D eigenvalue weighted by atomic mass is 35.5. The standard InChI is InChI=1S/C13H16ClN5O6/c1-2-24-13(23)18-12-16-9(14)6-10(17-12)19(4-15-6)11-8(22)7(21)5(3-20)25-11/h4-5,7-8,11,20-22H,2-3H2,1H3,(H,16,17,18,23)/t5-,7-,8-,11-/m1/s1. The molecule has 3 heterocycles. The van der Waals surface area contributed by atoms with Crippen LogP contribution in [-0.2, 0) is 9.47 Å². The smallest absolute Gasteiger partial charge is 0.414 e. The summed E-state index contributed by atoms with van der Waals surface area (Å²) in [4.78, 5) is 23.6. The number of aliphatic hydroxyl groups is 3. The van der Waals surface area contributed by atoms with Crippen molar-refractivity contribution in [3.63, 3.8) is 0 Å². The van der Waals surface area contributed by atoms with Gasteiger partial charge in [-0.3, -0.25) is 9.88 Å². The van der Waals surface area contributed by atoms with Gasteiger partial charge in [-0.05, 0) is 6.92 Å². The van der Waals surface area contributed by atoms with Crippen LogP contribution in [0.4, 0.5) is 10.7 Å². The summed E-state index contributed by atoms with van der Waals surface area (Å²) in [6.07, 6.45) is -4.03. The van der Waals surface area contributed by atoms with Crippen molar-refractivity contribution in [3.8, 4) is 0 Å². The topological polar surface area (TPSA) is 152 Å². The lowest BCUT2D eigenvalue weighted by molar-refractivity contribution is -0.0511. The Morgan fingerprint density at radius 3 is 2.84 bits per heavy atom. The second-order valence-electron chi connectivity index (χ2n) is 5.24. The number of ether oxygens (including phenoxy) is 2. The minimum atomic E-state index is -1.32. The van der Waals surface area contributed by atoms with Crippen LogP contribution in [0, 0.1) is 0 Å². The third-order valence-electron chi connectivity index (χ3n) is 3.66. The van der Waals surface area contributed by atoms with Crippen molar-refractivity contribution in [2.24, 2.45) is 0 Å². The lowest BCUT2D eigenvalue weighted by Crippen LogP contribution is -2.33. The molecule has 0 radical (unpaired) electrons. The first-order chi connectivity index (χ1) is 12.0. The molecular weight excluding hydrogens is 358 g/mol. The number of hydrogen-bond acceptors (Lipinski definition) is 9. The summed E-state index contributed by atoms with van der Waals surface area (Å²) >= 11 is 6.05. The molecule has 3 rings (SSSR count). The van der Waals surface area contributed by atoms with Gasteiger partial charge in [0.15, 0.2) is 17.0 Å². The van der Waals surface area contributed by atoms with E-state index in [0.717, 1.165) is 0 Å². The van der Waals surface area contributed by atoms with Crippen LogP contribution in [0.5, 0.6) is 0 Å². The number of aromatic nitrogens is 4. The normalized spacial score (nSPS) is 26.1. The number of carbonyl (C=O) groups excluding carboxylic acids is 1. The van der Waals surface area contributed by atoms with Crippen LogP contribution in [0.3, 0.4) is 0 Å². The van der Waals surface area contributed by atoms with Crippen molar-refractivity contribution in [2.45, 2.75) is 31.5 Å². The fraction of sp³-hybridized carbons (Fsp3) is 0.538. The number of nitrogens with one attached hydrogen (secondary N) is 1. The highest BCUT2D eigenvalue weighted by molar-refractivity contribution is 6.33. The Bertz CT molecular complexity index is 786. The van der Waals surface area contributed by atoms with Crippen molar-refractivity contribution in [2.75, 3.05) is 18.5 Å². The van der Waals surface area contributed by atoms with E-state index in [1.54, 1.807) is 6.92 Å². The molecule has 11 nitrogen and oxygen atoms in total. The molecule has 4 atom stereocenters. The fourth-order valence-electron chi connectivity index (χ4n) is 2.49. The molecule has 25 heavy (non-hydrogen) atoms. The van der Waals surface area contributed by atoms with Crippen LogP contribution >= 0.6 is 11.6 Å². The highest BCUT2D eigenvalue weighted by Gasteiger charge is 2.44. The van der Waals surface area contributed by atoms with E-state index in [-0.39, 0.29) is 28.9 Å². The minimum absolute atomic E-state index is 0.0257. The SMILES string of the molecule is CCOC(=O)Nc1nc(Cl)c2ncn([C@@H]3O[C@H](CO)[C@@H](O)[C@H]3O)c2n1. The van der Waals surface area contributed by atoms with Gasteiger partial charge in [0.05, 0.1) is 19.5 Å². The quantitative estimate of drug-likeness (QED) is 0.527. The molecule has 1 amide bonds. The summed E-state index contributed by atoms with van der Waals surface area (Å²) in [6.45, 7) is 1.35. The number of imidazole rings is 1. The maximum Gasteiger partial charge on any atom is 0.414 e. The number of hydrogen-bond donors (Lipinski definition) is 4. The van der Waals surface area contributed by atoms with E-state index in [4.69, 9.17) is 21.1 Å². The van der Waals surface area contributed by atoms with Gasteiger partial charge in [-0.25, -0.2) is 9.78 Å². The maximum absolute atomic E-state index is 11.5. The third kappa shape index (κ3) is 3.24. The Balaban J connectivity index is 1.97. The monoisotopic (exact) mass is 373 g/mol. The predicted octanol–water partition coefficient (Wildman–Crippen LogP) is -0.340. The van der Waals surface area contributed by atoms with Crippen LogP contribution in [0.25, 0.3) is 11.2 Å². The lowest BCUT2D eigenvalue weighted by Gasteiger charge is -2.16. The summed E-state index contributed by atoms with van der Waals surface area (Å²) < 4.78 is 11.5. The average Bonchev–Trinajstić information content (AvgIpc) is 3.10. The number of anilines is 1. The van der Waals surface area contributed by atoms with Gasteiger partial charge in [-0.15, -0.1) is 0 Å². The number of amides is 1. The number of fused-ring (bicyclic) bond motifs is 1. The van der Waals surface area contributed by atoms with Crippen molar-refractivity contribution >= 4 is 34.8 Å². The van der Waals surface area contributed by atoms with E-state index in [9.17, 15) is 20.1 Å². The highest BCUT2D eigenvalue weighted by Crippen LogP contribution is 2.32. The fourth-order valence-corrected chi connectivity index (χ4v) is 2.71. The van der Waals surface area contributed by atoms with E-state index in [0.29, 0.717) is 0 Å². The van der Waals surface area contributed by atoms with Gasteiger partial charge in [-0.1, -0.05) is 11.6 Å². The largest absolute Gasteiger partial charge is 0.450 e. The summed E-state index contributed by atoms with van der Waals surface area (Å²) in [5.74, 6) is -0.121. The van der Waals surface area contributed by atoms with Crippen LogP contribution < -0.4 is 5.32 Å². The van der Waals surface area contributed by atoms with Crippen LogP contribution in [0.15, 0.2) is 6.33 Å². The number of carbonyl (C=O) groups is 1. The summed E-state index contributed by atoms with van der Waals surface area (Å²) in [5.41, 5.74) is 0.385. The van der Waals surface area contributed by atoms with Gasteiger partial charge < -0.3 is 24.8 Å². The van der Waals surface area contributed by atoms with Gasteiger partial charge >= 0.3 is 6.09 Å². The van der Waals surface area contributed by atoms with E-state index in [1.807, 2.05) is 0 Å². The zero-order valence-electron chi connectivity index (χ0n) is 13.0. The van der Waals surface area contributed by atoms with E-state index in [1.165, 1.54) is 10.9 Å². The van der Waals surface area contributed by atoms with Gasteiger partial charge in [0, 0.05) is 0 Å². The van der Waals surface area contributed by atoms with Gasteiger partial charge in [-0.2, -0.15) is 9.97 Å². The molecule has 2 aromatic rings. The second-order valence-corrected chi connectivity index (χ2v) is 5.59. The molecule has 0 bridgehead atoms. The molecule has 1 saturated heterocycles. The molecule has 1 aliphatic heterocycles. The molecule has 0 aliphatic carbocycles. The van der Waals surface area contributed by atoms with Gasteiger partial charge in [0.25, 0.3) is 0 Å². The Hall–Kier alpha value is -2.05. The molecule has 1 fully saturated rings. The number of rotatable bonds is 4. The summed E-state index contributed by atoms with van der Waals surface area (Å²) in [6, 6.07) is 0. The van der Waals surface area contributed by atoms with Crippen molar-refractivity contribution in [1.29, 1.82) is 0 Å². The number of halogens is 1. The number of nitrogens with zero attached hydrogens (tertiary/aromatic N) is 4. The molecule has 12 heteroatoms. The molecule has 136 valence electrons. The molecular formula is C13H16ClN5O6. The maximum atomic E-state index is 11.5. The third-order valence-corrected chi connectivity index (χ3v) is 3.92. The summed E-state index contributed by atoms with van der Waals surface area (Å²) in [7, 11) is 0. The molecule has 4 N–H and O–H groups in total. The summed E-state index contributed by atoms with van der Waals surface area (Å²) in [5, 5.41) is 31.5. The first kappa shape index (κ1) is 17.8. The molecule has 2 aromatic heterocycles. The Morgan fingerprint density at radius 2 is 2.20 bits per heavy atom. The Morgan fingerprint density at radius 1 is 1.44 bits per heavy atom. The molecule has 0 unspecified atom stereocenters. The minimum Gasteiger partial charge on any atom is -0.450 e. The first-order valence-corrected chi connectivity index (χ1v) is 7.80. The van der Waals surface area contributed by atoms with Crippen LogP contribution in [0.1, 0.15) is 13.2 Å². The first-order valence-electron chi connectivity index (χ1n) is 7.42. The molecule has 0 aromatic carbocycles. The molecule has 0 spiro atoms. The predicted molar refractivity (Wildman–Crippen MR) is 84.0 cm³/mol. The van der Waals surface area contributed by atoms with Crippen molar-refractivity contribution < 1.29 is 29.6 Å². The van der Waals surface area contributed by atoms with Gasteiger partial charge in [0.2, 0.25) is 5.95 Å².